The normalized spacial score (nSPS) is 19.1. The summed E-state index contributed by atoms with van der Waals surface area (Å²) in [4.78, 5) is 44.2. The highest BCUT2D eigenvalue weighted by molar-refractivity contribution is 6.91. The molecule has 1 fully saturated rings. The van der Waals surface area contributed by atoms with Crippen LogP contribution in [0.5, 0.6) is 5.75 Å². The fourth-order valence-corrected chi connectivity index (χ4v) is 14.3. The van der Waals surface area contributed by atoms with E-state index in [1.807, 2.05) is 91.1 Å². The van der Waals surface area contributed by atoms with Crippen LogP contribution in [0.3, 0.4) is 0 Å². The third-order valence-corrected chi connectivity index (χ3v) is 18.3. The first-order chi connectivity index (χ1) is 33.3. The van der Waals surface area contributed by atoms with Crippen molar-refractivity contribution in [3.63, 3.8) is 0 Å². The van der Waals surface area contributed by atoms with Crippen molar-refractivity contribution >= 4 is 59.4 Å². The van der Waals surface area contributed by atoms with Gasteiger partial charge in [0.05, 0.1) is 51.7 Å². The molecule has 0 saturated carbocycles. The van der Waals surface area contributed by atoms with Crippen LogP contribution in [0.1, 0.15) is 62.4 Å². The molecule has 3 heterocycles. The molecule has 15 heteroatoms. The van der Waals surface area contributed by atoms with Crippen molar-refractivity contribution in [1.29, 1.82) is 0 Å². The molecule has 9 rings (SSSR count). The number of anilines is 5. The molecule has 14 nitrogen and oxygen atoms in total. The molecule has 7 N–H and O–H groups in total. The Hall–Kier alpha value is -7.59. The van der Waals surface area contributed by atoms with Crippen LogP contribution >= 0.6 is 0 Å². The van der Waals surface area contributed by atoms with E-state index in [4.69, 9.17) is 20.9 Å². The van der Waals surface area contributed by atoms with Crippen LogP contribution in [0.4, 0.5) is 28.4 Å². The summed E-state index contributed by atoms with van der Waals surface area (Å²) in [5.41, 5.74) is 17.2. The molecule has 352 valence electrons. The lowest BCUT2D eigenvalue weighted by atomic mass is 9.82. The van der Waals surface area contributed by atoms with E-state index in [2.05, 4.69) is 53.1 Å². The molecule has 0 radical (unpaired) electrons. The van der Waals surface area contributed by atoms with E-state index in [9.17, 15) is 14.7 Å². The van der Waals surface area contributed by atoms with E-state index in [1.165, 1.54) is 5.19 Å². The van der Waals surface area contributed by atoms with Gasteiger partial charge in [0.25, 0.3) is 17.7 Å². The summed E-state index contributed by atoms with van der Waals surface area (Å²) in [7, 11) is -0.884. The lowest BCUT2D eigenvalue weighted by Gasteiger charge is -2.37. The molecule has 1 spiro atoms. The second-order valence-electron chi connectivity index (χ2n) is 18.5. The second-order valence-corrected chi connectivity index (χ2v) is 23.2. The second kappa shape index (κ2) is 19.2. The number of aryl methyl sites for hydroxylation is 1. The number of nitrogen functional groups attached to an aromatic ring is 2. The van der Waals surface area contributed by atoms with Gasteiger partial charge in [0.1, 0.15) is 5.75 Å². The SMILES string of the molecule is COc1ccc([Si](C)(C)[C@H]2[C@H](CCn3cc(C(CO)c4ccccc4)nn3)O[C@@]3(C(=O)N(Cc4ccc(NC(=O)c5ccc(N)cc5)cc4)c4ccc(NC(=O)c5ccc(N)cc5)cc43)[C@@H]2C)cc1. The highest BCUT2D eigenvalue weighted by Gasteiger charge is 2.66. The predicted molar refractivity (Wildman–Crippen MR) is 271 cm³/mol. The number of hydrogen-bond acceptors (Lipinski definition) is 10. The number of amides is 3. The van der Waals surface area contributed by atoms with Gasteiger partial charge in [-0.25, -0.2) is 0 Å². The maximum atomic E-state index is 15.7. The number of carbonyl (C=O) groups is 3. The zero-order chi connectivity index (χ0) is 48.5. The average molecular weight is 941 g/mol. The van der Waals surface area contributed by atoms with Crippen LogP contribution in [0.15, 0.2) is 152 Å². The number of rotatable bonds is 15. The summed E-state index contributed by atoms with van der Waals surface area (Å²) in [5, 5.41) is 26.6. The Kier molecular flexibility index (Phi) is 12.9. The van der Waals surface area contributed by atoms with Gasteiger partial charge < -0.3 is 41.6 Å². The monoisotopic (exact) mass is 940 g/mol. The standard InChI is InChI=1S/C54H56N8O6Si/c1-34-50(69(3,4)44-25-23-43(67-2)24-26-44)49(28-29-61-32-47(59-60-61)45(33-63)36-8-6-5-7-9-36)68-54(34)46-30-42(58-52(65)38-14-18-40(56)19-15-38)22-27-48(46)62(53(54)66)31-35-10-20-41(21-11-35)57-51(64)37-12-16-39(55)17-13-37/h5-27,30,32,34,45,49-50,63H,28-29,31,33,55-56H2,1-4H3,(H,57,64)(H,58,65)/t34-,45?,49+,50-,54+/m1/s1. The third kappa shape index (κ3) is 9.11. The summed E-state index contributed by atoms with van der Waals surface area (Å²) < 4.78 is 14.8. The lowest BCUT2D eigenvalue weighted by molar-refractivity contribution is -0.146. The number of nitrogens with one attached hydrogen (secondary N) is 2. The van der Waals surface area contributed by atoms with E-state index in [1.54, 1.807) is 65.2 Å². The van der Waals surface area contributed by atoms with Crippen molar-refractivity contribution in [2.24, 2.45) is 5.92 Å². The Labute approximate surface area is 402 Å². The largest absolute Gasteiger partial charge is 0.497 e. The van der Waals surface area contributed by atoms with Gasteiger partial charge in [-0.2, -0.15) is 0 Å². The zero-order valence-corrected chi connectivity index (χ0v) is 40.0. The van der Waals surface area contributed by atoms with Crippen LogP contribution in [0, 0.1) is 5.92 Å². The number of fused-ring (bicyclic) bond motifs is 2. The molecule has 1 unspecified atom stereocenters. The number of aliphatic hydroxyl groups excluding tert-OH is 1. The number of ether oxygens (including phenoxy) is 2. The fraction of sp³-hybridized carbons (Fsp3) is 0.241. The number of aliphatic hydroxyl groups is 1. The highest BCUT2D eigenvalue weighted by atomic mass is 28.3. The van der Waals surface area contributed by atoms with E-state index >= 15 is 4.79 Å². The van der Waals surface area contributed by atoms with Gasteiger partial charge in [0.15, 0.2) is 5.60 Å². The maximum absolute atomic E-state index is 15.7. The molecule has 1 aromatic heterocycles. The molecular weight excluding hydrogens is 885 g/mol. The summed E-state index contributed by atoms with van der Waals surface area (Å²) in [6.07, 6.45) is 1.99. The van der Waals surface area contributed by atoms with E-state index in [0.29, 0.717) is 63.8 Å². The molecule has 69 heavy (non-hydrogen) atoms. The first-order valence-corrected chi connectivity index (χ1v) is 26.1. The first-order valence-electron chi connectivity index (χ1n) is 23.1. The summed E-state index contributed by atoms with van der Waals surface area (Å²) in [5.74, 6) is -0.696. The molecular formula is C54H56N8O6Si. The first kappa shape index (κ1) is 46.5. The number of nitrogens with two attached hydrogens (primary N) is 2. The van der Waals surface area contributed by atoms with Gasteiger partial charge in [-0.3, -0.25) is 19.1 Å². The molecule has 3 amide bonds. The molecule has 0 bridgehead atoms. The number of methoxy groups -OCH3 is 1. The van der Waals surface area contributed by atoms with Gasteiger partial charge in [-0.05, 0) is 114 Å². The van der Waals surface area contributed by atoms with Crippen molar-refractivity contribution in [2.75, 3.05) is 40.7 Å². The van der Waals surface area contributed by atoms with Crippen molar-refractivity contribution in [2.45, 2.75) is 62.7 Å². The van der Waals surface area contributed by atoms with Gasteiger partial charge in [-0.1, -0.05) is 85.0 Å². The minimum absolute atomic E-state index is 0.0860. The molecule has 2 aliphatic heterocycles. The van der Waals surface area contributed by atoms with E-state index in [0.717, 1.165) is 16.9 Å². The number of carbonyl (C=O) groups excluding carboxylic acids is 3. The van der Waals surface area contributed by atoms with Crippen molar-refractivity contribution in [3.8, 4) is 5.75 Å². The Morgan fingerprint density at radius 3 is 2.04 bits per heavy atom. The molecule has 5 atom stereocenters. The number of benzene rings is 6. The van der Waals surface area contributed by atoms with Crippen LogP contribution in [0.2, 0.25) is 18.6 Å². The summed E-state index contributed by atoms with van der Waals surface area (Å²) in [6, 6.07) is 44.4. The van der Waals surface area contributed by atoms with Gasteiger partial charge in [0.2, 0.25) is 0 Å². The zero-order valence-electron chi connectivity index (χ0n) is 39.0. The molecule has 6 aromatic carbocycles. The summed E-state index contributed by atoms with van der Waals surface area (Å²) in [6.45, 7) is 7.34. The van der Waals surface area contributed by atoms with Crippen LogP contribution in [-0.2, 0) is 28.2 Å². The Morgan fingerprint density at radius 1 is 0.826 bits per heavy atom. The van der Waals surface area contributed by atoms with Crippen molar-refractivity contribution in [1.82, 2.24) is 15.0 Å². The van der Waals surface area contributed by atoms with Crippen molar-refractivity contribution in [3.05, 3.63) is 185 Å². The number of hydrogen-bond donors (Lipinski definition) is 5. The van der Waals surface area contributed by atoms with Crippen LogP contribution in [0.25, 0.3) is 0 Å². The lowest BCUT2D eigenvalue weighted by Crippen LogP contribution is -2.51. The Morgan fingerprint density at radius 2 is 1.43 bits per heavy atom. The average Bonchev–Trinajstić information content (AvgIpc) is 4.02. The molecule has 2 aliphatic rings. The molecule has 1 saturated heterocycles. The summed E-state index contributed by atoms with van der Waals surface area (Å²) >= 11 is 0. The van der Waals surface area contributed by atoms with Crippen molar-refractivity contribution < 1.29 is 29.0 Å². The Balaban J connectivity index is 1.07. The Bertz CT molecular complexity index is 2970. The van der Waals surface area contributed by atoms with E-state index in [-0.39, 0.29) is 48.3 Å². The van der Waals surface area contributed by atoms with Crippen LogP contribution in [-0.4, -0.2) is 65.7 Å². The number of aromatic nitrogens is 3. The smallest absolute Gasteiger partial charge is 0.264 e. The fourth-order valence-electron chi connectivity index (χ4n) is 10.3. The third-order valence-electron chi connectivity index (χ3n) is 13.9. The van der Waals surface area contributed by atoms with Gasteiger partial charge >= 0.3 is 0 Å². The minimum Gasteiger partial charge on any atom is -0.497 e. The number of nitrogens with zero attached hydrogens (tertiary/aromatic N) is 4. The predicted octanol–water partition coefficient (Wildman–Crippen LogP) is 7.93. The van der Waals surface area contributed by atoms with Gasteiger partial charge in [-0.15, -0.1) is 5.10 Å². The van der Waals surface area contributed by atoms with Crippen LogP contribution < -0.4 is 36.9 Å². The molecule has 0 aliphatic carbocycles. The topological polar surface area (TPSA) is 200 Å². The molecule has 7 aromatic rings. The quantitative estimate of drug-likeness (QED) is 0.0497. The maximum Gasteiger partial charge on any atom is 0.264 e. The van der Waals surface area contributed by atoms with Gasteiger partial charge in [0, 0.05) is 58.1 Å². The minimum atomic E-state index is -2.54. The highest BCUT2D eigenvalue weighted by Crippen LogP contribution is 2.60. The van der Waals surface area contributed by atoms with E-state index < -0.39 is 19.8 Å².